The number of likely N-dealkylation sites (N-methyl/N-ethyl adjacent to an activating group) is 1. The fraction of sp³-hybridized carbons (Fsp3) is 0.600. The van der Waals surface area contributed by atoms with Crippen LogP contribution in [-0.4, -0.2) is 35.7 Å². The summed E-state index contributed by atoms with van der Waals surface area (Å²) in [6.45, 7) is 4.15. The van der Waals surface area contributed by atoms with Crippen LogP contribution in [0.3, 0.4) is 0 Å². The molecule has 1 unspecified atom stereocenters. The van der Waals surface area contributed by atoms with Crippen molar-refractivity contribution >= 4 is 15.9 Å². The van der Waals surface area contributed by atoms with Gasteiger partial charge in [-0.25, -0.2) is 4.39 Å². The lowest BCUT2D eigenvalue weighted by Crippen LogP contribution is -2.53. The maximum Gasteiger partial charge on any atom is 0.123 e. The summed E-state index contributed by atoms with van der Waals surface area (Å²) in [6, 6.07) is 4.59. The molecular weight excluding hydrogens is 309 g/mol. The van der Waals surface area contributed by atoms with E-state index in [1.165, 1.54) is 12.1 Å². The molecular formula is C15H23BrFNO. The number of hydrogen-bond donors (Lipinski definition) is 1. The molecule has 0 fully saturated rings. The van der Waals surface area contributed by atoms with E-state index in [9.17, 15) is 9.50 Å². The van der Waals surface area contributed by atoms with Crippen LogP contribution >= 0.6 is 15.9 Å². The Morgan fingerprint density at radius 2 is 1.89 bits per heavy atom. The lowest BCUT2D eigenvalue weighted by Gasteiger charge is -2.42. The Hall–Kier alpha value is -0.450. The first-order valence-electron chi connectivity index (χ1n) is 6.66. The predicted octanol–water partition coefficient (Wildman–Crippen LogP) is 3.61. The topological polar surface area (TPSA) is 23.5 Å². The summed E-state index contributed by atoms with van der Waals surface area (Å²) < 4.78 is 14.1. The number of aliphatic hydroxyl groups is 1. The van der Waals surface area contributed by atoms with Crippen molar-refractivity contribution in [3.8, 4) is 0 Å². The normalized spacial score (nSPS) is 13.9. The molecule has 0 saturated heterocycles. The number of aliphatic hydroxyl groups excluding tert-OH is 1. The van der Waals surface area contributed by atoms with E-state index < -0.39 is 6.10 Å². The van der Waals surface area contributed by atoms with Crippen molar-refractivity contribution in [1.82, 2.24) is 4.90 Å². The minimum atomic E-state index is -0.532. The van der Waals surface area contributed by atoms with Gasteiger partial charge in [0.05, 0.1) is 6.10 Å². The van der Waals surface area contributed by atoms with Crippen molar-refractivity contribution in [2.24, 2.45) is 0 Å². The molecule has 0 amide bonds. The monoisotopic (exact) mass is 331 g/mol. The van der Waals surface area contributed by atoms with Gasteiger partial charge < -0.3 is 10.0 Å². The van der Waals surface area contributed by atoms with Gasteiger partial charge in [0.15, 0.2) is 0 Å². The van der Waals surface area contributed by atoms with Crippen LogP contribution in [0.2, 0.25) is 0 Å². The first-order chi connectivity index (χ1) is 8.87. The molecule has 0 aromatic heterocycles. The molecule has 0 aliphatic carbocycles. The summed E-state index contributed by atoms with van der Waals surface area (Å²) in [5.74, 6) is -0.270. The quantitative estimate of drug-likeness (QED) is 0.860. The maximum absolute atomic E-state index is 13.3. The predicted molar refractivity (Wildman–Crippen MR) is 80.8 cm³/mol. The molecule has 0 bridgehead atoms. The van der Waals surface area contributed by atoms with Gasteiger partial charge in [0.25, 0.3) is 0 Å². The average molecular weight is 332 g/mol. The van der Waals surface area contributed by atoms with Crippen LogP contribution in [-0.2, 0) is 6.42 Å². The number of nitrogens with zero attached hydrogens (tertiary/aromatic N) is 1. The van der Waals surface area contributed by atoms with Crippen LogP contribution in [0, 0.1) is 5.82 Å². The average Bonchev–Trinajstić information content (AvgIpc) is 2.35. The van der Waals surface area contributed by atoms with Crippen LogP contribution in [0.4, 0.5) is 4.39 Å². The Morgan fingerprint density at radius 3 is 2.37 bits per heavy atom. The minimum absolute atomic E-state index is 0.270. The zero-order valence-corrected chi connectivity index (χ0v) is 13.7. The maximum atomic E-state index is 13.3. The van der Waals surface area contributed by atoms with Gasteiger partial charge in [-0.3, -0.25) is 0 Å². The minimum Gasteiger partial charge on any atom is -0.391 e. The molecule has 0 radical (unpaired) electrons. The zero-order chi connectivity index (χ0) is 14.6. The molecule has 108 valence electrons. The summed E-state index contributed by atoms with van der Waals surface area (Å²) in [5, 5.41) is 10.6. The van der Waals surface area contributed by atoms with Crippen LogP contribution < -0.4 is 0 Å². The molecule has 0 aliphatic heterocycles. The van der Waals surface area contributed by atoms with Crippen LogP contribution in [0.25, 0.3) is 0 Å². The van der Waals surface area contributed by atoms with E-state index in [2.05, 4.69) is 34.7 Å². The lowest BCUT2D eigenvalue weighted by atomic mass is 9.82. The highest BCUT2D eigenvalue weighted by atomic mass is 79.9. The van der Waals surface area contributed by atoms with Crippen molar-refractivity contribution in [2.45, 2.75) is 44.8 Å². The van der Waals surface area contributed by atoms with Crippen LogP contribution in [0.5, 0.6) is 0 Å². The molecule has 0 heterocycles. The fourth-order valence-corrected chi connectivity index (χ4v) is 3.16. The highest BCUT2D eigenvalue weighted by Gasteiger charge is 2.36. The highest BCUT2D eigenvalue weighted by molar-refractivity contribution is 9.10. The van der Waals surface area contributed by atoms with Gasteiger partial charge >= 0.3 is 0 Å². The Labute approximate surface area is 123 Å². The van der Waals surface area contributed by atoms with Gasteiger partial charge in [-0.1, -0.05) is 29.8 Å². The largest absolute Gasteiger partial charge is 0.391 e. The van der Waals surface area contributed by atoms with Gasteiger partial charge in [0.2, 0.25) is 0 Å². The Morgan fingerprint density at radius 1 is 1.32 bits per heavy atom. The molecule has 1 rings (SSSR count). The standard InChI is InChI=1S/C15H23BrFNO/c1-5-15(6-2,18(3)4)14(19)10-11-9-12(17)7-8-13(11)16/h7-9,14,19H,5-6,10H2,1-4H3. The second kappa shape index (κ2) is 6.82. The highest BCUT2D eigenvalue weighted by Crippen LogP contribution is 2.30. The van der Waals surface area contributed by atoms with E-state index in [1.807, 2.05) is 14.1 Å². The third kappa shape index (κ3) is 3.56. The molecule has 1 aromatic rings. The molecule has 4 heteroatoms. The van der Waals surface area contributed by atoms with Crippen LogP contribution in [0.15, 0.2) is 22.7 Å². The summed E-state index contributed by atoms with van der Waals surface area (Å²) in [4.78, 5) is 2.07. The molecule has 1 atom stereocenters. The fourth-order valence-electron chi connectivity index (χ4n) is 2.75. The third-order valence-corrected chi connectivity index (χ3v) is 4.93. The smallest absolute Gasteiger partial charge is 0.123 e. The Bertz CT molecular complexity index is 419. The van der Waals surface area contributed by atoms with Crippen LogP contribution in [0.1, 0.15) is 32.3 Å². The van der Waals surface area contributed by atoms with Crippen molar-refractivity contribution in [3.05, 3.63) is 34.1 Å². The number of benzene rings is 1. The third-order valence-electron chi connectivity index (χ3n) is 4.16. The Kier molecular flexibility index (Phi) is 5.96. The SMILES string of the molecule is CCC(CC)(C(O)Cc1cc(F)ccc1Br)N(C)C. The van der Waals surface area contributed by atoms with E-state index in [-0.39, 0.29) is 11.4 Å². The number of halogens is 2. The van der Waals surface area contributed by atoms with Gasteiger partial charge in [0.1, 0.15) is 5.82 Å². The summed E-state index contributed by atoms with van der Waals surface area (Å²) in [6.07, 6.45) is 1.61. The molecule has 2 nitrogen and oxygen atoms in total. The lowest BCUT2D eigenvalue weighted by molar-refractivity contribution is -0.0126. The first-order valence-corrected chi connectivity index (χ1v) is 7.46. The summed E-state index contributed by atoms with van der Waals surface area (Å²) in [5.41, 5.74) is 0.534. The second-order valence-electron chi connectivity index (χ2n) is 5.16. The van der Waals surface area contributed by atoms with Crippen molar-refractivity contribution in [2.75, 3.05) is 14.1 Å². The molecule has 1 aromatic carbocycles. The molecule has 1 N–H and O–H groups in total. The van der Waals surface area contributed by atoms with Gasteiger partial charge in [-0.05, 0) is 50.7 Å². The van der Waals surface area contributed by atoms with Gasteiger partial charge in [-0.15, -0.1) is 0 Å². The number of hydrogen-bond acceptors (Lipinski definition) is 2. The van der Waals surface area contributed by atoms with E-state index >= 15 is 0 Å². The van der Waals surface area contributed by atoms with E-state index in [0.717, 1.165) is 22.9 Å². The van der Waals surface area contributed by atoms with E-state index in [1.54, 1.807) is 6.07 Å². The summed E-state index contributed by atoms with van der Waals surface area (Å²) in [7, 11) is 3.97. The zero-order valence-electron chi connectivity index (χ0n) is 12.1. The van der Waals surface area contributed by atoms with E-state index in [4.69, 9.17) is 0 Å². The van der Waals surface area contributed by atoms with Gasteiger partial charge in [0, 0.05) is 16.4 Å². The molecule has 0 spiro atoms. The molecule has 19 heavy (non-hydrogen) atoms. The molecule has 0 aliphatic rings. The Balaban J connectivity index is 2.99. The van der Waals surface area contributed by atoms with Gasteiger partial charge in [-0.2, -0.15) is 0 Å². The van der Waals surface area contributed by atoms with Crippen molar-refractivity contribution in [3.63, 3.8) is 0 Å². The number of rotatable bonds is 6. The van der Waals surface area contributed by atoms with Crippen molar-refractivity contribution < 1.29 is 9.50 Å². The second-order valence-corrected chi connectivity index (χ2v) is 6.02. The first kappa shape index (κ1) is 16.6. The van der Waals surface area contributed by atoms with E-state index in [0.29, 0.717) is 6.42 Å². The molecule has 0 saturated carbocycles. The van der Waals surface area contributed by atoms with Crippen molar-refractivity contribution in [1.29, 1.82) is 0 Å². The summed E-state index contributed by atoms with van der Waals surface area (Å²) >= 11 is 3.42.